The molecule has 0 aromatic heterocycles. The van der Waals surface area contributed by atoms with Crippen LogP contribution in [0, 0.1) is 17.8 Å². The molecule has 3 aliphatic rings. The zero-order valence-electron chi connectivity index (χ0n) is 16.0. The molecule has 2 atom stereocenters. The number of hydrogen-bond donors (Lipinski definition) is 0. The molecule has 0 aromatic carbocycles. The zero-order valence-corrected chi connectivity index (χ0v) is 16.0. The van der Waals surface area contributed by atoms with Gasteiger partial charge in [-0.15, -0.1) is 0 Å². The molecule has 27 heavy (non-hydrogen) atoms. The van der Waals surface area contributed by atoms with Crippen LogP contribution >= 0.6 is 0 Å². The molecule has 1 aliphatic heterocycles. The van der Waals surface area contributed by atoms with Gasteiger partial charge in [-0.25, -0.2) is 0 Å². The summed E-state index contributed by atoms with van der Waals surface area (Å²) in [5.74, 6) is -2.20. The van der Waals surface area contributed by atoms with Crippen molar-refractivity contribution in [1.82, 2.24) is 9.80 Å². The van der Waals surface area contributed by atoms with Gasteiger partial charge in [-0.1, -0.05) is 25.7 Å². The van der Waals surface area contributed by atoms with E-state index in [-0.39, 0.29) is 18.2 Å². The fourth-order valence-electron chi connectivity index (χ4n) is 5.03. The summed E-state index contributed by atoms with van der Waals surface area (Å²) in [7, 11) is 0. The first-order valence-corrected chi connectivity index (χ1v) is 10.5. The lowest BCUT2D eigenvalue weighted by atomic mass is 9.78. The van der Waals surface area contributed by atoms with Crippen LogP contribution in [0.5, 0.6) is 0 Å². The molecule has 0 bridgehead atoms. The highest BCUT2D eigenvalue weighted by Crippen LogP contribution is 2.42. The number of nitrogens with zero attached hydrogens (tertiary/aromatic N) is 2. The van der Waals surface area contributed by atoms with E-state index < -0.39 is 18.0 Å². The fraction of sp³-hybridized carbons (Fsp3) is 0.900. The van der Waals surface area contributed by atoms with Crippen molar-refractivity contribution >= 4 is 11.8 Å². The van der Waals surface area contributed by atoms with Crippen LogP contribution in [0.1, 0.15) is 64.2 Å². The Kier molecular flexibility index (Phi) is 6.69. The van der Waals surface area contributed by atoms with E-state index in [0.29, 0.717) is 64.2 Å². The van der Waals surface area contributed by atoms with Gasteiger partial charge in [0.05, 0.1) is 5.92 Å². The smallest absolute Gasteiger partial charge is 0.341 e. The quantitative estimate of drug-likeness (QED) is 0.733. The lowest BCUT2D eigenvalue weighted by Crippen LogP contribution is -2.46. The number of halogens is 3. The van der Waals surface area contributed by atoms with Gasteiger partial charge < -0.3 is 9.80 Å². The van der Waals surface area contributed by atoms with Crippen molar-refractivity contribution in [3.8, 4) is 0 Å². The van der Waals surface area contributed by atoms with Crippen molar-refractivity contribution in [2.24, 2.45) is 17.8 Å². The fourth-order valence-corrected chi connectivity index (χ4v) is 5.03. The van der Waals surface area contributed by atoms with Gasteiger partial charge in [0, 0.05) is 38.5 Å². The SMILES string of the molecule is O=C(CC1CCCC1)N1CCCN(C(=O)[C@@H]2CCCC[C@@H]2C(F)(F)F)CC1. The van der Waals surface area contributed by atoms with E-state index in [2.05, 4.69) is 0 Å². The summed E-state index contributed by atoms with van der Waals surface area (Å²) in [4.78, 5) is 28.8. The molecule has 0 N–H and O–H groups in total. The summed E-state index contributed by atoms with van der Waals surface area (Å²) in [5.41, 5.74) is 0. The number of amides is 2. The predicted octanol–water partition coefficient (Wildman–Crippen LogP) is 4.00. The Balaban J connectivity index is 1.56. The van der Waals surface area contributed by atoms with Gasteiger partial charge in [0.15, 0.2) is 0 Å². The Labute approximate surface area is 159 Å². The second-order valence-corrected chi connectivity index (χ2v) is 8.45. The second kappa shape index (κ2) is 8.82. The van der Waals surface area contributed by atoms with Crippen LogP contribution in [-0.4, -0.2) is 54.0 Å². The first-order chi connectivity index (χ1) is 12.9. The molecule has 3 fully saturated rings. The lowest BCUT2D eigenvalue weighted by molar-refractivity contribution is -0.200. The Morgan fingerprint density at radius 2 is 1.37 bits per heavy atom. The van der Waals surface area contributed by atoms with Gasteiger partial charge >= 0.3 is 6.18 Å². The molecule has 154 valence electrons. The Hall–Kier alpha value is -1.27. The molecule has 1 heterocycles. The third-order valence-electron chi connectivity index (χ3n) is 6.60. The van der Waals surface area contributed by atoms with E-state index >= 15 is 0 Å². The molecule has 4 nitrogen and oxygen atoms in total. The highest BCUT2D eigenvalue weighted by Gasteiger charge is 2.49. The van der Waals surface area contributed by atoms with E-state index in [0.717, 1.165) is 12.8 Å². The van der Waals surface area contributed by atoms with Crippen LogP contribution < -0.4 is 0 Å². The molecule has 2 saturated carbocycles. The van der Waals surface area contributed by atoms with E-state index in [1.54, 1.807) is 4.90 Å². The van der Waals surface area contributed by atoms with Crippen LogP contribution in [0.4, 0.5) is 13.2 Å². The predicted molar refractivity (Wildman–Crippen MR) is 95.9 cm³/mol. The van der Waals surface area contributed by atoms with Crippen molar-refractivity contribution in [2.75, 3.05) is 26.2 Å². The van der Waals surface area contributed by atoms with E-state index in [4.69, 9.17) is 0 Å². The zero-order chi connectivity index (χ0) is 19.4. The lowest BCUT2D eigenvalue weighted by Gasteiger charge is -2.35. The average Bonchev–Trinajstić information content (AvgIpc) is 3.01. The summed E-state index contributed by atoms with van der Waals surface area (Å²) in [6, 6.07) is 0. The molecule has 3 rings (SSSR count). The molecule has 0 unspecified atom stereocenters. The van der Waals surface area contributed by atoms with Crippen molar-refractivity contribution in [3.63, 3.8) is 0 Å². The minimum absolute atomic E-state index is 0.0553. The van der Waals surface area contributed by atoms with Gasteiger partial charge in [-0.2, -0.15) is 13.2 Å². The third kappa shape index (κ3) is 5.17. The van der Waals surface area contributed by atoms with Crippen molar-refractivity contribution in [1.29, 1.82) is 0 Å². The summed E-state index contributed by atoms with van der Waals surface area (Å²) >= 11 is 0. The van der Waals surface area contributed by atoms with Crippen molar-refractivity contribution < 1.29 is 22.8 Å². The maximum absolute atomic E-state index is 13.3. The molecule has 0 aromatic rings. The largest absolute Gasteiger partial charge is 0.392 e. The van der Waals surface area contributed by atoms with Crippen LogP contribution in [0.2, 0.25) is 0 Å². The van der Waals surface area contributed by atoms with Crippen LogP contribution in [0.3, 0.4) is 0 Å². The van der Waals surface area contributed by atoms with Gasteiger partial charge in [-0.05, 0) is 38.0 Å². The standard InChI is InChI=1S/C20H31F3N2O2/c21-20(22,23)17-9-4-3-8-16(17)19(27)25-11-5-10-24(12-13-25)18(26)14-15-6-1-2-7-15/h15-17H,1-14H2/t16-,17+/m1/s1. The Morgan fingerprint density at radius 3 is 2.07 bits per heavy atom. The Bertz CT molecular complexity index is 532. The molecule has 0 radical (unpaired) electrons. The minimum Gasteiger partial charge on any atom is -0.341 e. The van der Waals surface area contributed by atoms with Gasteiger partial charge in [0.2, 0.25) is 11.8 Å². The van der Waals surface area contributed by atoms with E-state index in [1.165, 1.54) is 12.8 Å². The normalized spacial score (nSPS) is 28.3. The number of carbonyl (C=O) groups is 2. The Morgan fingerprint density at radius 1 is 0.778 bits per heavy atom. The van der Waals surface area contributed by atoms with Crippen LogP contribution in [0.15, 0.2) is 0 Å². The van der Waals surface area contributed by atoms with Crippen LogP contribution in [0.25, 0.3) is 0 Å². The minimum atomic E-state index is -4.31. The van der Waals surface area contributed by atoms with Gasteiger partial charge in [0.1, 0.15) is 0 Å². The van der Waals surface area contributed by atoms with Crippen molar-refractivity contribution in [2.45, 2.75) is 70.4 Å². The average molecular weight is 388 g/mol. The highest BCUT2D eigenvalue weighted by molar-refractivity contribution is 5.80. The second-order valence-electron chi connectivity index (χ2n) is 8.45. The highest BCUT2D eigenvalue weighted by atomic mass is 19.4. The first kappa shape index (κ1) is 20.5. The summed E-state index contributed by atoms with van der Waals surface area (Å²) in [6.07, 6.45) is 3.14. The van der Waals surface area contributed by atoms with E-state index in [1.807, 2.05) is 4.90 Å². The first-order valence-electron chi connectivity index (χ1n) is 10.5. The summed E-state index contributed by atoms with van der Waals surface area (Å²) in [6.45, 7) is 1.85. The monoisotopic (exact) mass is 388 g/mol. The topological polar surface area (TPSA) is 40.6 Å². The summed E-state index contributed by atoms with van der Waals surface area (Å²) in [5, 5.41) is 0. The molecule has 1 saturated heterocycles. The molecular weight excluding hydrogens is 357 g/mol. The number of alkyl halides is 3. The van der Waals surface area contributed by atoms with E-state index in [9.17, 15) is 22.8 Å². The third-order valence-corrected chi connectivity index (χ3v) is 6.60. The maximum atomic E-state index is 13.3. The van der Waals surface area contributed by atoms with Gasteiger partial charge in [-0.3, -0.25) is 9.59 Å². The van der Waals surface area contributed by atoms with Crippen molar-refractivity contribution in [3.05, 3.63) is 0 Å². The molecule has 2 amide bonds. The number of carbonyl (C=O) groups excluding carboxylic acids is 2. The van der Waals surface area contributed by atoms with Gasteiger partial charge in [0.25, 0.3) is 0 Å². The summed E-state index contributed by atoms with van der Waals surface area (Å²) < 4.78 is 40.0. The molecule has 0 spiro atoms. The number of rotatable bonds is 3. The maximum Gasteiger partial charge on any atom is 0.392 e. The van der Waals surface area contributed by atoms with Crippen LogP contribution in [-0.2, 0) is 9.59 Å². The molecule has 7 heteroatoms. The molecule has 2 aliphatic carbocycles. The number of hydrogen-bond acceptors (Lipinski definition) is 2. The molecular formula is C20H31F3N2O2.